The van der Waals surface area contributed by atoms with E-state index in [1.54, 1.807) is 12.3 Å². The van der Waals surface area contributed by atoms with E-state index in [4.69, 9.17) is 9.84 Å². The second-order valence-electron chi connectivity index (χ2n) is 8.67. The lowest BCUT2D eigenvalue weighted by Gasteiger charge is -2.43. The Labute approximate surface area is 190 Å². The third-order valence-corrected chi connectivity index (χ3v) is 6.28. The van der Waals surface area contributed by atoms with Crippen molar-refractivity contribution in [1.82, 2.24) is 15.1 Å². The maximum Gasteiger partial charge on any atom is 0.328 e. The fourth-order valence-corrected chi connectivity index (χ4v) is 4.75. The van der Waals surface area contributed by atoms with Crippen LogP contribution in [0.4, 0.5) is 8.78 Å². The lowest BCUT2D eigenvalue weighted by Crippen LogP contribution is -2.45. The fourth-order valence-electron chi connectivity index (χ4n) is 4.75. The van der Waals surface area contributed by atoms with Gasteiger partial charge in [-0.05, 0) is 60.2 Å². The number of carbonyl (C=O) groups is 1. The number of carboxylic acids is 1. The van der Waals surface area contributed by atoms with Crippen molar-refractivity contribution in [2.24, 2.45) is 5.92 Å². The molecule has 2 aromatic carbocycles. The molecular weight excluding hydrogens is 428 g/mol. The first kappa shape index (κ1) is 22.9. The molecule has 6 nitrogen and oxygen atoms in total. The van der Waals surface area contributed by atoms with Crippen LogP contribution >= 0.6 is 0 Å². The zero-order chi connectivity index (χ0) is 23.7. The van der Waals surface area contributed by atoms with Gasteiger partial charge in [-0.1, -0.05) is 13.0 Å². The number of aromatic nitrogens is 2. The third-order valence-electron chi connectivity index (χ3n) is 6.28. The highest BCUT2D eigenvalue weighted by Crippen LogP contribution is 2.45. The largest absolute Gasteiger partial charge is 0.496 e. The van der Waals surface area contributed by atoms with Gasteiger partial charge < -0.3 is 9.84 Å². The number of aliphatic carboxylic acids is 1. The van der Waals surface area contributed by atoms with Crippen LogP contribution in [0.15, 0.2) is 36.5 Å². The quantitative estimate of drug-likeness (QED) is 0.503. The van der Waals surface area contributed by atoms with Crippen LogP contribution < -0.4 is 4.74 Å². The molecule has 1 aromatic heterocycles. The van der Waals surface area contributed by atoms with Gasteiger partial charge in [0.1, 0.15) is 11.6 Å². The molecule has 0 saturated heterocycles. The number of hydrogen-bond donors (Lipinski definition) is 2. The van der Waals surface area contributed by atoms with Crippen molar-refractivity contribution >= 4 is 22.9 Å². The van der Waals surface area contributed by atoms with E-state index in [1.165, 1.54) is 19.3 Å². The number of ether oxygens (including phenoxy) is 1. The minimum atomic E-state index is -1.12. The van der Waals surface area contributed by atoms with Crippen molar-refractivity contribution in [3.05, 3.63) is 64.6 Å². The van der Waals surface area contributed by atoms with Crippen LogP contribution in [0, 0.1) is 11.7 Å². The van der Waals surface area contributed by atoms with Crippen LogP contribution in [0.5, 0.6) is 5.75 Å². The average molecular weight is 456 g/mol. The summed E-state index contributed by atoms with van der Waals surface area (Å²) >= 11 is 0. The number of nitrogens with one attached hydrogen (secondary N) is 1. The predicted octanol–water partition coefficient (Wildman–Crippen LogP) is 4.75. The van der Waals surface area contributed by atoms with Crippen LogP contribution in [0.3, 0.4) is 0 Å². The Morgan fingerprint density at radius 2 is 2.21 bits per heavy atom. The van der Waals surface area contributed by atoms with E-state index in [2.05, 4.69) is 22.0 Å². The predicted molar refractivity (Wildman–Crippen MR) is 123 cm³/mol. The lowest BCUT2D eigenvalue weighted by molar-refractivity contribution is -0.131. The van der Waals surface area contributed by atoms with Gasteiger partial charge in [0.05, 0.1) is 37.1 Å². The summed E-state index contributed by atoms with van der Waals surface area (Å²) in [4.78, 5) is 13.0. The first-order chi connectivity index (χ1) is 15.8. The Balaban J connectivity index is 1.92. The normalized spacial score (nSPS) is 19.7. The van der Waals surface area contributed by atoms with Gasteiger partial charge in [0.25, 0.3) is 0 Å². The van der Waals surface area contributed by atoms with E-state index in [9.17, 15) is 9.18 Å². The van der Waals surface area contributed by atoms with Crippen molar-refractivity contribution in [1.29, 1.82) is 0 Å². The molecule has 1 aliphatic heterocycles. The molecule has 8 heteroatoms. The van der Waals surface area contributed by atoms with Crippen molar-refractivity contribution in [2.45, 2.75) is 32.4 Å². The summed E-state index contributed by atoms with van der Waals surface area (Å²) in [6.45, 7) is 3.89. The number of H-pyrrole nitrogens is 1. The number of benzene rings is 2. The fraction of sp³-hybridized carbons (Fsp3) is 0.360. The molecule has 0 saturated carbocycles. The zero-order valence-electron chi connectivity index (χ0n) is 18.8. The van der Waals surface area contributed by atoms with Crippen LogP contribution in [0.1, 0.15) is 42.1 Å². The minimum Gasteiger partial charge on any atom is -0.496 e. The number of rotatable bonds is 7. The maximum absolute atomic E-state index is 15.7. The average Bonchev–Trinajstić information content (AvgIpc) is 3.27. The van der Waals surface area contributed by atoms with Crippen molar-refractivity contribution < 1.29 is 23.4 Å². The second-order valence-corrected chi connectivity index (χ2v) is 8.67. The molecule has 2 heterocycles. The third kappa shape index (κ3) is 4.35. The van der Waals surface area contributed by atoms with E-state index >= 15 is 4.39 Å². The van der Waals surface area contributed by atoms with E-state index in [-0.39, 0.29) is 12.0 Å². The molecule has 0 radical (unpaired) electrons. The molecule has 0 spiro atoms. The van der Waals surface area contributed by atoms with Crippen LogP contribution in [0.25, 0.3) is 17.0 Å². The number of aromatic amines is 1. The van der Waals surface area contributed by atoms with Crippen LogP contribution in [0.2, 0.25) is 0 Å². The first-order valence-electron chi connectivity index (χ1n) is 10.9. The number of fused-ring (bicyclic) bond motifs is 3. The van der Waals surface area contributed by atoms with Crippen LogP contribution in [-0.4, -0.2) is 52.5 Å². The van der Waals surface area contributed by atoms with Crippen molar-refractivity contribution in [3.8, 4) is 5.75 Å². The molecule has 1 aliphatic rings. The SMILES string of the molecule is COc1cc(/C=C/C(=O)O)cc(F)c1C1c2ccc3[nH]ncc3c2C[C@@H](C)N1CC(C)CF. The Morgan fingerprint density at radius 3 is 2.91 bits per heavy atom. The zero-order valence-corrected chi connectivity index (χ0v) is 18.8. The molecule has 33 heavy (non-hydrogen) atoms. The molecule has 174 valence electrons. The Kier molecular flexibility index (Phi) is 6.47. The molecule has 0 aliphatic carbocycles. The van der Waals surface area contributed by atoms with E-state index in [0.29, 0.717) is 23.4 Å². The minimum absolute atomic E-state index is 0.0210. The molecule has 0 amide bonds. The van der Waals surface area contributed by atoms with Gasteiger partial charge in [-0.15, -0.1) is 0 Å². The van der Waals surface area contributed by atoms with Crippen molar-refractivity contribution in [2.75, 3.05) is 20.3 Å². The number of nitrogens with zero attached hydrogens (tertiary/aromatic N) is 2. The molecule has 0 fully saturated rings. The van der Waals surface area contributed by atoms with E-state index in [0.717, 1.165) is 34.5 Å². The highest BCUT2D eigenvalue weighted by molar-refractivity contribution is 5.85. The first-order valence-corrected chi connectivity index (χ1v) is 10.9. The van der Waals surface area contributed by atoms with Gasteiger partial charge >= 0.3 is 5.97 Å². The number of halogens is 2. The van der Waals surface area contributed by atoms with Gasteiger partial charge in [-0.3, -0.25) is 14.4 Å². The lowest BCUT2D eigenvalue weighted by atomic mass is 9.82. The standard InChI is InChI=1S/C25H27F2N3O3/c1-14(11-26)13-30-15(2)8-18-17(5-6-21-19(18)12-28-29-21)25(30)24-20(27)9-16(4-7-23(31)32)10-22(24)33-3/h4-7,9-10,12,14-15,25H,8,11,13H2,1-3H3,(H,28,29)(H,31,32)/b7-4+/t14?,15-,25?/m1/s1. The monoisotopic (exact) mass is 455 g/mol. The molecule has 3 aromatic rings. The van der Waals surface area contributed by atoms with Gasteiger partial charge in [0, 0.05) is 24.0 Å². The summed E-state index contributed by atoms with van der Waals surface area (Å²) in [6, 6.07) is 6.36. The molecule has 2 unspecified atom stereocenters. The second kappa shape index (κ2) is 9.31. The summed E-state index contributed by atoms with van der Waals surface area (Å²) < 4.78 is 34.8. The Morgan fingerprint density at radius 1 is 1.42 bits per heavy atom. The summed E-state index contributed by atoms with van der Waals surface area (Å²) in [7, 11) is 1.46. The number of carboxylic acid groups (broad SMARTS) is 1. The summed E-state index contributed by atoms with van der Waals surface area (Å²) in [5.74, 6) is -1.53. The van der Waals surface area contributed by atoms with Gasteiger partial charge in [0.15, 0.2) is 0 Å². The number of methoxy groups -OCH3 is 1. The molecular formula is C25H27F2N3O3. The Hall–Kier alpha value is -3.26. The molecule has 3 atom stereocenters. The smallest absolute Gasteiger partial charge is 0.328 e. The van der Waals surface area contributed by atoms with Gasteiger partial charge in [-0.25, -0.2) is 9.18 Å². The topological polar surface area (TPSA) is 78.5 Å². The Bertz CT molecular complexity index is 1210. The van der Waals surface area contributed by atoms with Crippen molar-refractivity contribution in [3.63, 3.8) is 0 Å². The van der Waals surface area contributed by atoms with Crippen LogP contribution in [-0.2, 0) is 11.2 Å². The van der Waals surface area contributed by atoms with Gasteiger partial charge in [0.2, 0.25) is 0 Å². The van der Waals surface area contributed by atoms with E-state index in [1.807, 2.05) is 19.1 Å². The highest BCUT2D eigenvalue weighted by atomic mass is 19.1. The molecule has 2 N–H and O–H groups in total. The summed E-state index contributed by atoms with van der Waals surface area (Å²) in [5, 5.41) is 17.1. The summed E-state index contributed by atoms with van der Waals surface area (Å²) in [6.07, 6.45) is 4.79. The number of hydrogen-bond acceptors (Lipinski definition) is 4. The van der Waals surface area contributed by atoms with E-state index < -0.39 is 24.5 Å². The maximum atomic E-state index is 15.7. The molecule has 4 rings (SSSR count). The number of alkyl halides is 1. The highest BCUT2D eigenvalue weighted by Gasteiger charge is 2.38. The van der Waals surface area contributed by atoms with Gasteiger partial charge in [-0.2, -0.15) is 5.10 Å². The summed E-state index contributed by atoms with van der Waals surface area (Å²) in [5.41, 5.74) is 3.66. The molecule has 0 bridgehead atoms.